The van der Waals surface area contributed by atoms with Gasteiger partial charge in [-0.15, -0.1) is 0 Å². The largest absolute Gasteiger partial charge is 0.480 e. The van der Waals surface area contributed by atoms with E-state index in [1.54, 1.807) is 6.92 Å². The second-order valence-electron chi connectivity index (χ2n) is 3.89. The number of hydrogen-bond donors (Lipinski definition) is 2. The second-order valence-corrected chi connectivity index (χ2v) is 3.89. The van der Waals surface area contributed by atoms with E-state index in [4.69, 9.17) is 10.2 Å². The molecule has 0 bridgehead atoms. The van der Waals surface area contributed by atoms with Crippen molar-refractivity contribution in [2.45, 2.75) is 6.92 Å². The molecule has 0 aromatic heterocycles. The van der Waals surface area contributed by atoms with Crippen molar-refractivity contribution in [1.29, 1.82) is 0 Å². The average molecular weight is 297 g/mol. The summed E-state index contributed by atoms with van der Waals surface area (Å²) in [5.41, 5.74) is 0. The molecule has 21 heavy (non-hydrogen) atoms. The Bertz CT molecular complexity index is 392. The van der Waals surface area contributed by atoms with Crippen LogP contribution in [0.15, 0.2) is 36.4 Å². The molecule has 2 N–H and O–H groups in total. The summed E-state index contributed by atoms with van der Waals surface area (Å²) < 4.78 is 4.57. The maximum Gasteiger partial charge on any atom is 0.320 e. The Morgan fingerprint density at radius 3 is 1.52 bits per heavy atom. The van der Waals surface area contributed by atoms with Crippen LogP contribution >= 0.6 is 0 Å². The van der Waals surface area contributed by atoms with Crippen molar-refractivity contribution in [1.82, 2.24) is 4.90 Å². The van der Waals surface area contributed by atoms with Crippen LogP contribution in [-0.4, -0.2) is 59.3 Å². The number of rotatable bonds is 7. The van der Waals surface area contributed by atoms with Gasteiger partial charge in [0, 0.05) is 0 Å². The Morgan fingerprint density at radius 2 is 1.24 bits per heavy atom. The van der Waals surface area contributed by atoms with Crippen molar-refractivity contribution in [2.75, 3.05) is 26.2 Å². The van der Waals surface area contributed by atoms with E-state index in [-0.39, 0.29) is 13.2 Å². The molecule has 0 saturated heterocycles. The van der Waals surface area contributed by atoms with Gasteiger partial charge in [-0.05, 0) is 6.92 Å². The number of esters is 1. The Labute approximate surface area is 122 Å². The summed E-state index contributed by atoms with van der Waals surface area (Å²) in [6, 6.07) is 12.0. The van der Waals surface area contributed by atoms with Crippen LogP contribution in [0.4, 0.5) is 0 Å². The fraction of sp³-hybridized carbons (Fsp3) is 0.357. The number of carboxylic acid groups (broad SMARTS) is 2. The van der Waals surface area contributed by atoms with E-state index in [9.17, 15) is 14.4 Å². The predicted octanol–water partition coefficient (Wildman–Crippen LogP) is 0.707. The monoisotopic (exact) mass is 297 g/mol. The molecule has 0 atom stereocenters. The van der Waals surface area contributed by atoms with Gasteiger partial charge >= 0.3 is 17.9 Å². The van der Waals surface area contributed by atoms with Gasteiger partial charge in [-0.3, -0.25) is 19.3 Å². The first-order valence-corrected chi connectivity index (χ1v) is 6.27. The summed E-state index contributed by atoms with van der Waals surface area (Å²) in [5, 5.41) is 16.9. The minimum atomic E-state index is -1.19. The van der Waals surface area contributed by atoms with Crippen molar-refractivity contribution >= 4 is 17.9 Å². The molecule has 0 fully saturated rings. The van der Waals surface area contributed by atoms with Gasteiger partial charge in [0.25, 0.3) is 0 Å². The number of carbonyl (C=O) groups excluding carboxylic acids is 1. The number of hydrogen-bond acceptors (Lipinski definition) is 5. The number of benzene rings is 1. The lowest BCUT2D eigenvalue weighted by Gasteiger charge is -2.16. The van der Waals surface area contributed by atoms with Gasteiger partial charge < -0.3 is 14.9 Å². The Hall–Kier alpha value is -2.41. The van der Waals surface area contributed by atoms with Gasteiger partial charge in [-0.2, -0.15) is 0 Å². The summed E-state index contributed by atoms with van der Waals surface area (Å²) in [6.45, 7) is 0.423. The Morgan fingerprint density at radius 1 is 0.857 bits per heavy atom. The van der Waals surface area contributed by atoms with Gasteiger partial charge in [0.2, 0.25) is 0 Å². The van der Waals surface area contributed by atoms with E-state index in [0.29, 0.717) is 0 Å². The average Bonchev–Trinajstić information content (AvgIpc) is 2.40. The SMILES string of the molecule is CCOC(=O)CN(CC(=O)O)CC(=O)O.c1ccccc1. The van der Waals surface area contributed by atoms with Crippen LogP contribution in [0, 0.1) is 0 Å². The number of nitrogens with zero attached hydrogens (tertiary/aromatic N) is 1. The minimum absolute atomic E-state index is 0.173. The zero-order chi connectivity index (χ0) is 16.1. The zero-order valence-corrected chi connectivity index (χ0v) is 11.8. The summed E-state index contributed by atoms with van der Waals surface area (Å²) in [6.07, 6.45) is 0. The maximum atomic E-state index is 11.0. The molecule has 1 aromatic rings. The predicted molar refractivity (Wildman–Crippen MR) is 74.8 cm³/mol. The van der Waals surface area contributed by atoms with Crippen LogP contribution in [0.1, 0.15) is 6.92 Å². The highest BCUT2D eigenvalue weighted by molar-refractivity contribution is 5.76. The highest BCUT2D eigenvalue weighted by Crippen LogP contribution is 1.90. The highest BCUT2D eigenvalue weighted by atomic mass is 16.5. The third-order valence-corrected chi connectivity index (χ3v) is 2.04. The van der Waals surface area contributed by atoms with Crippen LogP contribution in [0.2, 0.25) is 0 Å². The Kier molecular flexibility index (Phi) is 10.1. The third kappa shape index (κ3) is 12.4. The lowest BCUT2D eigenvalue weighted by molar-refractivity contribution is -0.147. The van der Waals surface area contributed by atoms with Crippen molar-refractivity contribution in [3.05, 3.63) is 36.4 Å². The van der Waals surface area contributed by atoms with E-state index < -0.39 is 31.0 Å². The second kappa shape index (κ2) is 11.4. The summed E-state index contributed by atoms with van der Waals surface area (Å²) in [4.78, 5) is 32.6. The molecule has 0 heterocycles. The molecule has 1 aromatic carbocycles. The van der Waals surface area contributed by atoms with Crippen LogP contribution < -0.4 is 0 Å². The van der Waals surface area contributed by atoms with Gasteiger partial charge in [0.15, 0.2) is 0 Å². The molecule has 7 nitrogen and oxygen atoms in total. The minimum Gasteiger partial charge on any atom is -0.480 e. The van der Waals surface area contributed by atoms with Gasteiger partial charge in [0.05, 0.1) is 26.2 Å². The van der Waals surface area contributed by atoms with Crippen molar-refractivity contribution in [2.24, 2.45) is 0 Å². The molecule has 0 aliphatic carbocycles. The fourth-order valence-corrected chi connectivity index (χ4v) is 1.32. The summed E-state index contributed by atoms with van der Waals surface area (Å²) >= 11 is 0. The molecule has 0 amide bonds. The molecule has 0 unspecified atom stereocenters. The van der Waals surface area contributed by atoms with Gasteiger partial charge in [-0.1, -0.05) is 36.4 Å². The van der Waals surface area contributed by atoms with Crippen molar-refractivity contribution < 1.29 is 29.3 Å². The first-order chi connectivity index (χ1) is 9.95. The van der Waals surface area contributed by atoms with Crippen LogP contribution in [0.3, 0.4) is 0 Å². The molecule has 0 radical (unpaired) electrons. The highest BCUT2D eigenvalue weighted by Gasteiger charge is 2.17. The number of ether oxygens (including phenoxy) is 1. The molecule has 1 rings (SSSR count). The smallest absolute Gasteiger partial charge is 0.320 e. The standard InChI is InChI=1S/C8H13NO6.C6H6/c1-2-15-8(14)5-9(3-6(10)11)4-7(12)13;1-2-4-6-5-3-1/h2-5H2,1H3,(H,10,11)(H,12,13);1-6H. The normalized spacial score (nSPS) is 9.43. The molecule has 116 valence electrons. The first kappa shape index (κ1) is 18.6. The first-order valence-electron chi connectivity index (χ1n) is 6.27. The third-order valence-electron chi connectivity index (χ3n) is 2.04. The molecular weight excluding hydrogens is 278 g/mol. The van der Waals surface area contributed by atoms with Crippen molar-refractivity contribution in [3.8, 4) is 0 Å². The van der Waals surface area contributed by atoms with E-state index >= 15 is 0 Å². The lowest BCUT2D eigenvalue weighted by Crippen LogP contribution is -2.38. The van der Waals surface area contributed by atoms with Crippen LogP contribution in [-0.2, 0) is 19.1 Å². The molecule has 7 heteroatoms. The molecule has 0 aliphatic rings. The number of carbonyl (C=O) groups is 3. The molecular formula is C14H19NO6. The maximum absolute atomic E-state index is 11.0. The van der Waals surface area contributed by atoms with Crippen LogP contribution in [0.5, 0.6) is 0 Å². The topological polar surface area (TPSA) is 104 Å². The molecule has 0 aliphatic heterocycles. The van der Waals surface area contributed by atoms with Gasteiger partial charge in [0.1, 0.15) is 0 Å². The van der Waals surface area contributed by atoms with Crippen LogP contribution in [0.25, 0.3) is 0 Å². The number of aliphatic carboxylic acids is 2. The lowest BCUT2D eigenvalue weighted by atomic mass is 10.4. The van der Waals surface area contributed by atoms with Crippen molar-refractivity contribution in [3.63, 3.8) is 0 Å². The van der Waals surface area contributed by atoms with Gasteiger partial charge in [-0.25, -0.2) is 0 Å². The molecule has 0 saturated carbocycles. The quantitative estimate of drug-likeness (QED) is 0.714. The summed E-state index contributed by atoms with van der Waals surface area (Å²) in [7, 11) is 0. The van der Waals surface area contributed by atoms with E-state index in [0.717, 1.165) is 4.90 Å². The Balaban J connectivity index is 0.000000547. The zero-order valence-electron chi connectivity index (χ0n) is 11.8. The van der Waals surface area contributed by atoms with E-state index in [1.165, 1.54) is 0 Å². The fourth-order valence-electron chi connectivity index (χ4n) is 1.32. The van der Waals surface area contributed by atoms with E-state index in [2.05, 4.69) is 4.74 Å². The molecule has 0 spiro atoms. The van der Waals surface area contributed by atoms with E-state index in [1.807, 2.05) is 36.4 Å². The number of carboxylic acids is 2. The summed E-state index contributed by atoms with van der Waals surface area (Å²) in [5.74, 6) is -3.03.